The van der Waals surface area contributed by atoms with Gasteiger partial charge in [0.25, 0.3) is 0 Å². The van der Waals surface area contributed by atoms with Gasteiger partial charge in [-0.05, 0) is 18.8 Å². The van der Waals surface area contributed by atoms with Crippen LogP contribution in [0.1, 0.15) is 33.6 Å². The molecule has 0 aliphatic rings. The van der Waals surface area contributed by atoms with Crippen LogP contribution in [-0.2, 0) is 14.4 Å². The van der Waals surface area contributed by atoms with Crippen LogP contribution in [0.4, 0.5) is 0 Å². The van der Waals surface area contributed by atoms with E-state index in [1.54, 1.807) is 13.8 Å². The van der Waals surface area contributed by atoms with Crippen LogP contribution in [-0.4, -0.2) is 42.3 Å². The molecule has 3 amide bonds. The van der Waals surface area contributed by atoms with Crippen molar-refractivity contribution in [1.82, 2.24) is 10.6 Å². The summed E-state index contributed by atoms with van der Waals surface area (Å²) in [5.41, 5.74) is 15.7. The highest BCUT2D eigenvalue weighted by atomic mass is 16.2. The van der Waals surface area contributed by atoms with Crippen molar-refractivity contribution in [2.75, 3.05) is 6.54 Å². The normalized spacial score (nSPS) is 13.1. The Balaban J connectivity index is 4.64. The second-order valence-corrected chi connectivity index (χ2v) is 5.33. The summed E-state index contributed by atoms with van der Waals surface area (Å²) in [6.45, 7) is 5.24. The first-order valence-corrected chi connectivity index (χ1v) is 7.07. The van der Waals surface area contributed by atoms with Crippen molar-refractivity contribution in [2.24, 2.45) is 28.1 Å². The highest BCUT2D eigenvalue weighted by Gasteiger charge is 2.26. The van der Waals surface area contributed by atoms with Crippen LogP contribution < -0.4 is 27.8 Å². The lowest BCUT2D eigenvalue weighted by atomic mass is 10.0. The number of nitrogens with one attached hydrogen (secondary N) is 2. The number of guanidine groups is 1. The van der Waals surface area contributed by atoms with Crippen LogP contribution in [0, 0.1) is 5.92 Å². The van der Waals surface area contributed by atoms with Gasteiger partial charge in [0, 0.05) is 13.5 Å². The molecule has 8 N–H and O–H groups in total. The molecule has 0 saturated heterocycles. The Labute approximate surface area is 130 Å². The summed E-state index contributed by atoms with van der Waals surface area (Å²) in [6.07, 6.45) is 0.793. The molecule has 0 aliphatic carbocycles. The number of carbonyl (C=O) groups is 3. The molecule has 0 aromatic heterocycles. The molecule has 0 radical (unpaired) electrons. The third-order valence-electron chi connectivity index (χ3n) is 2.91. The van der Waals surface area contributed by atoms with E-state index in [1.807, 2.05) is 0 Å². The van der Waals surface area contributed by atoms with Gasteiger partial charge in [-0.15, -0.1) is 0 Å². The lowest BCUT2D eigenvalue weighted by Crippen LogP contribution is -2.54. The van der Waals surface area contributed by atoms with Crippen LogP contribution in [0.15, 0.2) is 4.99 Å². The quantitative estimate of drug-likeness (QED) is 0.191. The SMILES string of the molecule is CC(=O)N[C@@H](C(=O)N[C@@H](CCCN=C(N)N)C(N)=O)C(C)C. The van der Waals surface area contributed by atoms with E-state index in [9.17, 15) is 14.4 Å². The van der Waals surface area contributed by atoms with E-state index < -0.39 is 23.9 Å². The molecule has 126 valence electrons. The van der Waals surface area contributed by atoms with Gasteiger partial charge in [0.05, 0.1) is 0 Å². The maximum Gasteiger partial charge on any atom is 0.243 e. The lowest BCUT2D eigenvalue weighted by Gasteiger charge is -2.23. The molecule has 9 nitrogen and oxygen atoms in total. The summed E-state index contributed by atoms with van der Waals surface area (Å²) in [5.74, 6) is -1.58. The molecule has 0 spiro atoms. The number of hydrogen-bond acceptors (Lipinski definition) is 4. The van der Waals surface area contributed by atoms with Gasteiger partial charge in [0.2, 0.25) is 17.7 Å². The number of primary amides is 1. The van der Waals surface area contributed by atoms with Crippen LogP contribution in [0.5, 0.6) is 0 Å². The monoisotopic (exact) mass is 314 g/mol. The lowest BCUT2D eigenvalue weighted by molar-refractivity contribution is -0.131. The fraction of sp³-hybridized carbons (Fsp3) is 0.692. The largest absolute Gasteiger partial charge is 0.370 e. The molecule has 0 unspecified atom stereocenters. The predicted octanol–water partition coefficient (Wildman–Crippen LogP) is -1.83. The summed E-state index contributed by atoms with van der Waals surface area (Å²) in [5, 5.41) is 5.10. The molecule has 22 heavy (non-hydrogen) atoms. The second kappa shape index (κ2) is 9.59. The minimum absolute atomic E-state index is 0.0369. The van der Waals surface area contributed by atoms with Crippen LogP contribution in [0.2, 0.25) is 0 Å². The van der Waals surface area contributed by atoms with E-state index in [0.717, 1.165) is 0 Å². The molecule has 0 heterocycles. The molecule has 0 aliphatic heterocycles. The maximum atomic E-state index is 12.2. The third kappa shape index (κ3) is 8.08. The Kier molecular flexibility index (Phi) is 8.58. The standard InChI is InChI=1S/C13H26N6O3/c1-7(2)10(18-8(3)20)12(22)19-9(11(14)21)5-4-6-17-13(15)16/h7,9-10H,4-6H2,1-3H3,(H2,14,21)(H,18,20)(H,19,22)(H4,15,16,17)/t9-,10+/m0/s1. The minimum Gasteiger partial charge on any atom is -0.370 e. The first-order valence-electron chi connectivity index (χ1n) is 7.07. The van der Waals surface area contributed by atoms with E-state index in [0.29, 0.717) is 19.4 Å². The molecule has 0 saturated carbocycles. The number of carbonyl (C=O) groups excluding carboxylic acids is 3. The van der Waals surface area contributed by atoms with E-state index in [1.165, 1.54) is 6.92 Å². The Bertz CT molecular complexity index is 431. The van der Waals surface area contributed by atoms with Gasteiger partial charge in [-0.3, -0.25) is 19.4 Å². The number of nitrogens with zero attached hydrogens (tertiary/aromatic N) is 1. The summed E-state index contributed by atoms with van der Waals surface area (Å²) >= 11 is 0. The molecule has 0 fully saturated rings. The van der Waals surface area contributed by atoms with Gasteiger partial charge in [0.15, 0.2) is 5.96 Å². The van der Waals surface area contributed by atoms with Crippen LogP contribution in [0.25, 0.3) is 0 Å². The number of aliphatic imine (C=N–C) groups is 1. The molecule has 0 rings (SSSR count). The van der Waals surface area contributed by atoms with Crippen molar-refractivity contribution < 1.29 is 14.4 Å². The van der Waals surface area contributed by atoms with Crippen molar-refractivity contribution in [3.63, 3.8) is 0 Å². The molecule has 2 atom stereocenters. The highest BCUT2D eigenvalue weighted by Crippen LogP contribution is 2.04. The topological polar surface area (TPSA) is 166 Å². The molecule has 0 bridgehead atoms. The van der Waals surface area contributed by atoms with Gasteiger partial charge in [-0.25, -0.2) is 0 Å². The molecular weight excluding hydrogens is 288 g/mol. The number of nitrogens with two attached hydrogens (primary N) is 3. The summed E-state index contributed by atoms with van der Waals surface area (Å²) in [7, 11) is 0. The fourth-order valence-corrected chi connectivity index (χ4v) is 1.80. The Morgan fingerprint density at radius 2 is 1.68 bits per heavy atom. The predicted molar refractivity (Wildman–Crippen MR) is 83.5 cm³/mol. The van der Waals surface area contributed by atoms with Crippen LogP contribution in [0.3, 0.4) is 0 Å². The Morgan fingerprint density at radius 3 is 2.09 bits per heavy atom. The molecule has 9 heteroatoms. The number of rotatable bonds is 9. The first-order chi connectivity index (χ1) is 10.1. The third-order valence-corrected chi connectivity index (χ3v) is 2.91. The number of hydrogen-bond donors (Lipinski definition) is 5. The average Bonchev–Trinajstić information content (AvgIpc) is 2.38. The summed E-state index contributed by atoms with van der Waals surface area (Å²) in [4.78, 5) is 38.5. The highest BCUT2D eigenvalue weighted by molar-refractivity contribution is 5.91. The molecule has 0 aromatic rings. The minimum atomic E-state index is -0.836. The van der Waals surface area contributed by atoms with Gasteiger partial charge >= 0.3 is 0 Å². The van der Waals surface area contributed by atoms with E-state index in [2.05, 4.69) is 15.6 Å². The van der Waals surface area contributed by atoms with Crippen molar-refractivity contribution >= 4 is 23.7 Å². The van der Waals surface area contributed by atoms with E-state index >= 15 is 0 Å². The van der Waals surface area contributed by atoms with Crippen molar-refractivity contribution in [3.05, 3.63) is 0 Å². The van der Waals surface area contributed by atoms with Crippen molar-refractivity contribution in [2.45, 2.75) is 45.7 Å². The molecule has 0 aromatic carbocycles. The fourth-order valence-electron chi connectivity index (χ4n) is 1.80. The van der Waals surface area contributed by atoms with Crippen LogP contribution >= 0.6 is 0 Å². The van der Waals surface area contributed by atoms with E-state index in [-0.39, 0.29) is 17.8 Å². The van der Waals surface area contributed by atoms with Crippen molar-refractivity contribution in [1.29, 1.82) is 0 Å². The van der Waals surface area contributed by atoms with Gasteiger partial charge in [0.1, 0.15) is 12.1 Å². The smallest absolute Gasteiger partial charge is 0.243 e. The Hall–Kier alpha value is -2.32. The molecular formula is C13H26N6O3. The van der Waals surface area contributed by atoms with Crippen molar-refractivity contribution in [3.8, 4) is 0 Å². The zero-order valence-electron chi connectivity index (χ0n) is 13.3. The first kappa shape index (κ1) is 19.7. The second-order valence-electron chi connectivity index (χ2n) is 5.33. The van der Waals surface area contributed by atoms with Gasteiger partial charge < -0.3 is 27.8 Å². The maximum absolute atomic E-state index is 12.2. The Morgan fingerprint density at radius 1 is 1.09 bits per heavy atom. The zero-order valence-corrected chi connectivity index (χ0v) is 13.3. The summed E-state index contributed by atoms with van der Waals surface area (Å²) < 4.78 is 0. The average molecular weight is 314 g/mol. The summed E-state index contributed by atoms with van der Waals surface area (Å²) in [6, 6.07) is -1.56. The van der Waals surface area contributed by atoms with E-state index in [4.69, 9.17) is 17.2 Å². The number of amides is 3. The van der Waals surface area contributed by atoms with Gasteiger partial charge in [-0.1, -0.05) is 13.8 Å². The zero-order chi connectivity index (χ0) is 17.3. The van der Waals surface area contributed by atoms with Gasteiger partial charge in [-0.2, -0.15) is 0 Å².